The summed E-state index contributed by atoms with van der Waals surface area (Å²) in [7, 11) is 1.35. The van der Waals surface area contributed by atoms with Crippen LogP contribution >= 0.6 is 0 Å². The van der Waals surface area contributed by atoms with Gasteiger partial charge in [0.2, 0.25) is 0 Å². The van der Waals surface area contributed by atoms with Crippen LogP contribution in [0.2, 0.25) is 0 Å². The molecule has 1 aliphatic heterocycles. The predicted octanol–water partition coefficient (Wildman–Crippen LogP) is 0.0106. The molecule has 0 aromatic heterocycles. The van der Waals surface area contributed by atoms with Crippen molar-refractivity contribution in [2.24, 2.45) is 0 Å². The van der Waals surface area contributed by atoms with Crippen molar-refractivity contribution in [2.75, 3.05) is 20.2 Å². The molecule has 5 nitrogen and oxygen atoms in total. The van der Waals surface area contributed by atoms with Gasteiger partial charge in [0.25, 0.3) is 0 Å². The molecule has 1 heterocycles. The molecule has 5 heteroatoms. The number of carbonyl (C=O) groups is 1. The minimum atomic E-state index is -0.713. The maximum absolute atomic E-state index is 11.6. The molecule has 98 valence electrons. The van der Waals surface area contributed by atoms with Crippen molar-refractivity contribution in [2.45, 2.75) is 18.8 Å². The van der Waals surface area contributed by atoms with Crippen LogP contribution in [0.1, 0.15) is 15.9 Å². The molecule has 0 aliphatic carbocycles. The fraction of sp³-hybridized carbons (Fsp3) is 0.462. The largest absolute Gasteiger partial charge is 0.465 e. The molecule has 1 aliphatic rings. The van der Waals surface area contributed by atoms with E-state index in [-0.39, 0.29) is 5.97 Å². The van der Waals surface area contributed by atoms with Gasteiger partial charge in [-0.3, -0.25) is 4.90 Å². The smallest absolute Gasteiger partial charge is 0.338 e. The van der Waals surface area contributed by atoms with Crippen molar-refractivity contribution in [3.05, 3.63) is 35.4 Å². The Morgan fingerprint density at radius 3 is 2.56 bits per heavy atom. The predicted molar refractivity (Wildman–Crippen MR) is 65.1 cm³/mol. The molecule has 0 amide bonds. The second-order valence-corrected chi connectivity index (χ2v) is 4.48. The number of rotatable bonds is 3. The molecule has 2 unspecified atom stereocenters. The van der Waals surface area contributed by atoms with Crippen LogP contribution in [0.15, 0.2) is 24.3 Å². The number of hydrogen-bond donors (Lipinski definition) is 2. The van der Waals surface area contributed by atoms with Gasteiger partial charge >= 0.3 is 5.97 Å². The van der Waals surface area contributed by atoms with Crippen LogP contribution in [-0.2, 0) is 11.3 Å². The van der Waals surface area contributed by atoms with E-state index in [1.165, 1.54) is 7.11 Å². The number of aliphatic hydroxyl groups is 2. The summed E-state index contributed by atoms with van der Waals surface area (Å²) in [6.07, 6.45) is -1.43. The molecule has 0 spiro atoms. The maximum Gasteiger partial charge on any atom is 0.338 e. The molecular weight excluding hydrogens is 234 g/mol. The number of β-amino-alcohol motifs (C(OH)–C–C–N with tert-alkyl or cyclic N) is 2. The second-order valence-electron chi connectivity index (χ2n) is 4.48. The summed E-state index contributed by atoms with van der Waals surface area (Å²) < 4.78 is 4.73. The summed E-state index contributed by atoms with van der Waals surface area (Å²) in [5, 5.41) is 19.0. The molecule has 1 fully saturated rings. The van der Waals surface area contributed by atoms with E-state index in [1.54, 1.807) is 12.1 Å². The third-order valence-corrected chi connectivity index (χ3v) is 3.15. The lowest BCUT2D eigenvalue weighted by molar-refractivity contribution is 0.0572. The number of nitrogens with zero attached hydrogens (tertiary/aromatic N) is 1. The van der Waals surface area contributed by atoms with Crippen molar-refractivity contribution < 1.29 is 19.7 Å². The van der Waals surface area contributed by atoms with E-state index < -0.39 is 12.2 Å². The van der Waals surface area contributed by atoms with Gasteiger partial charge in [0.05, 0.1) is 24.9 Å². The van der Waals surface area contributed by atoms with E-state index in [4.69, 9.17) is 4.74 Å². The Balaban J connectivity index is 2.12. The topological polar surface area (TPSA) is 70.0 Å². The zero-order chi connectivity index (χ0) is 13.1. The Morgan fingerprint density at radius 1 is 1.33 bits per heavy atom. The first kappa shape index (κ1) is 13.0. The fourth-order valence-electron chi connectivity index (χ4n) is 2.18. The summed E-state index contributed by atoms with van der Waals surface area (Å²) in [6.45, 7) is 1.34. The summed E-state index contributed by atoms with van der Waals surface area (Å²) in [5.41, 5.74) is 1.36. The van der Waals surface area contributed by atoms with Gasteiger partial charge in [-0.15, -0.1) is 0 Å². The zero-order valence-electron chi connectivity index (χ0n) is 10.2. The molecule has 1 aromatic carbocycles. The van der Waals surface area contributed by atoms with Gasteiger partial charge in [0.1, 0.15) is 0 Å². The summed E-state index contributed by atoms with van der Waals surface area (Å²) in [4.78, 5) is 13.5. The van der Waals surface area contributed by atoms with E-state index in [0.717, 1.165) is 5.56 Å². The average molecular weight is 251 g/mol. The molecule has 1 saturated heterocycles. The SMILES string of the molecule is COC(=O)c1ccccc1CN1CC(O)C(O)C1. The zero-order valence-corrected chi connectivity index (χ0v) is 10.2. The van der Waals surface area contributed by atoms with Crippen LogP contribution in [0.25, 0.3) is 0 Å². The highest BCUT2D eigenvalue weighted by molar-refractivity contribution is 5.90. The first-order valence-corrected chi connectivity index (χ1v) is 5.86. The van der Waals surface area contributed by atoms with Crippen LogP contribution in [-0.4, -0.2) is 53.5 Å². The molecule has 2 N–H and O–H groups in total. The van der Waals surface area contributed by atoms with Gasteiger partial charge < -0.3 is 14.9 Å². The highest BCUT2D eigenvalue weighted by Gasteiger charge is 2.29. The summed E-state index contributed by atoms with van der Waals surface area (Å²) >= 11 is 0. The number of aliphatic hydroxyl groups excluding tert-OH is 2. The van der Waals surface area contributed by atoms with Gasteiger partial charge in [-0.1, -0.05) is 18.2 Å². The summed E-state index contributed by atoms with van der Waals surface area (Å²) in [5.74, 6) is -0.370. The highest BCUT2D eigenvalue weighted by atomic mass is 16.5. The number of ether oxygens (including phenoxy) is 1. The Labute approximate surface area is 106 Å². The Hall–Kier alpha value is -1.43. The lowest BCUT2D eigenvalue weighted by atomic mass is 10.1. The monoisotopic (exact) mass is 251 g/mol. The minimum absolute atomic E-state index is 0.370. The summed E-state index contributed by atoms with van der Waals surface area (Å²) in [6, 6.07) is 7.20. The third kappa shape index (κ3) is 2.69. The number of esters is 1. The standard InChI is InChI=1S/C13H17NO4/c1-18-13(17)10-5-3-2-4-9(10)6-14-7-11(15)12(16)8-14/h2-5,11-12,15-16H,6-8H2,1H3. The van der Waals surface area contributed by atoms with Crippen LogP contribution in [0.3, 0.4) is 0 Å². The Morgan fingerprint density at radius 2 is 1.94 bits per heavy atom. The molecule has 1 aromatic rings. The normalized spacial score (nSPS) is 24.2. The van der Waals surface area contributed by atoms with Crippen molar-refractivity contribution in [3.63, 3.8) is 0 Å². The Kier molecular flexibility index (Phi) is 3.96. The minimum Gasteiger partial charge on any atom is -0.465 e. The van der Waals surface area contributed by atoms with E-state index in [2.05, 4.69) is 0 Å². The van der Waals surface area contributed by atoms with Gasteiger partial charge in [0, 0.05) is 19.6 Å². The third-order valence-electron chi connectivity index (χ3n) is 3.15. The first-order valence-electron chi connectivity index (χ1n) is 5.86. The first-order chi connectivity index (χ1) is 8.61. The number of hydrogen-bond acceptors (Lipinski definition) is 5. The van der Waals surface area contributed by atoms with Crippen LogP contribution in [0.4, 0.5) is 0 Å². The van der Waals surface area contributed by atoms with Gasteiger partial charge in [-0.05, 0) is 11.6 Å². The number of benzene rings is 1. The van der Waals surface area contributed by atoms with Gasteiger partial charge in [-0.2, -0.15) is 0 Å². The van der Waals surface area contributed by atoms with Crippen LogP contribution < -0.4 is 0 Å². The lowest BCUT2D eigenvalue weighted by Gasteiger charge is -2.16. The average Bonchev–Trinajstić information content (AvgIpc) is 2.68. The van der Waals surface area contributed by atoms with Crippen LogP contribution in [0.5, 0.6) is 0 Å². The number of methoxy groups -OCH3 is 1. The van der Waals surface area contributed by atoms with E-state index in [1.807, 2.05) is 17.0 Å². The molecule has 0 radical (unpaired) electrons. The highest BCUT2D eigenvalue weighted by Crippen LogP contribution is 2.17. The number of carbonyl (C=O) groups excluding carboxylic acids is 1. The van der Waals surface area contributed by atoms with Crippen molar-refractivity contribution in [1.82, 2.24) is 4.90 Å². The van der Waals surface area contributed by atoms with E-state index >= 15 is 0 Å². The number of likely N-dealkylation sites (tertiary alicyclic amines) is 1. The fourth-order valence-corrected chi connectivity index (χ4v) is 2.18. The Bertz CT molecular complexity index is 425. The molecular formula is C13H17NO4. The maximum atomic E-state index is 11.6. The molecule has 0 bridgehead atoms. The molecule has 0 saturated carbocycles. The van der Waals surface area contributed by atoms with Gasteiger partial charge in [-0.25, -0.2) is 4.79 Å². The van der Waals surface area contributed by atoms with Crippen molar-refractivity contribution >= 4 is 5.97 Å². The second kappa shape index (κ2) is 5.48. The molecule has 2 atom stereocenters. The van der Waals surface area contributed by atoms with E-state index in [9.17, 15) is 15.0 Å². The lowest BCUT2D eigenvalue weighted by Crippen LogP contribution is -2.23. The quantitative estimate of drug-likeness (QED) is 0.741. The van der Waals surface area contributed by atoms with E-state index in [0.29, 0.717) is 25.2 Å². The molecule has 2 rings (SSSR count). The van der Waals surface area contributed by atoms with Crippen molar-refractivity contribution in [1.29, 1.82) is 0 Å². The van der Waals surface area contributed by atoms with Gasteiger partial charge in [0.15, 0.2) is 0 Å². The van der Waals surface area contributed by atoms with Crippen molar-refractivity contribution in [3.8, 4) is 0 Å². The molecule has 18 heavy (non-hydrogen) atoms. The van der Waals surface area contributed by atoms with Crippen LogP contribution in [0, 0.1) is 0 Å².